The zero-order chi connectivity index (χ0) is 10.0. The van der Waals surface area contributed by atoms with Gasteiger partial charge < -0.3 is 0 Å². The number of carbonyl (C=O) groups excluding carboxylic acids is 1. The summed E-state index contributed by atoms with van der Waals surface area (Å²) in [5, 5.41) is 0. The van der Waals surface area contributed by atoms with Crippen LogP contribution >= 0.6 is 0 Å². The van der Waals surface area contributed by atoms with E-state index in [-0.39, 0.29) is 0 Å². The van der Waals surface area contributed by atoms with Gasteiger partial charge in [-0.3, -0.25) is 4.79 Å². The molecule has 0 amide bonds. The van der Waals surface area contributed by atoms with Crippen LogP contribution in [0, 0.1) is 11.3 Å². The number of carbonyl (C=O) groups is 1. The van der Waals surface area contributed by atoms with Crippen LogP contribution in [0.15, 0.2) is 0 Å². The molecule has 0 aromatic rings. The lowest BCUT2D eigenvalue weighted by Gasteiger charge is -2.39. The molecule has 0 bridgehead atoms. The normalized spacial score (nSPS) is 26.9. The first-order valence-electron chi connectivity index (χ1n) is 6.22. The van der Waals surface area contributed by atoms with Crippen molar-refractivity contribution < 1.29 is 4.79 Å². The van der Waals surface area contributed by atoms with Crippen molar-refractivity contribution in [2.75, 3.05) is 0 Å². The molecule has 2 aliphatic carbocycles. The quantitative estimate of drug-likeness (QED) is 0.669. The molecular formula is C13H22O. The van der Waals surface area contributed by atoms with Crippen LogP contribution in [0.2, 0.25) is 0 Å². The van der Waals surface area contributed by atoms with Gasteiger partial charge in [0.1, 0.15) is 5.78 Å². The predicted molar refractivity (Wildman–Crippen MR) is 58.2 cm³/mol. The Kier molecular flexibility index (Phi) is 2.94. The van der Waals surface area contributed by atoms with E-state index in [1.54, 1.807) is 0 Å². The highest BCUT2D eigenvalue weighted by Gasteiger charge is 2.35. The molecule has 2 rings (SSSR count). The maximum absolute atomic E-state index is 12.0. The molecule has 0 unspecified atom stereocenters. The minimum atomic E-state index is 0.397. The number of Topliss-reactive ketones (excluding diaryl/α,β-unsaturated/α-hetero) is 1. The van der Waals surface area contributed by atoms with Crippen LogP contribution in [0.5, 0.6) is 0 Å². The molecule has 14 heavy (non-hydrogen) atoms. The van der Waals surface area contributed by atoms with Gasteiger partial charge in [0.15, 0.2) is 0 Å². The molecule has 0 heterocycles. The predicted octanol–water partition coefficient (Wildman–Crippen LogP) is 3.72. The van der Waals surface area contributed by atoms with E-state index in [0.717, 1.165) is 6.42 Å². The Morgan fingerprint density at radius 1 is 1.14 bits per heavy atom. The standard InChI is InChI=1S/C13H22O/c1-13(8-5-9-13)10-12(14)11-6-3-2-4-7-11/h11H,2-10H2,1H3. The van der Waals surface area contributed by atoms with Gasteiger partial charge in [-0.05, 0) is 31.1 Å². The second-order valence-electron chi connectivity index (χ2n) is 5.64. The maximum Gasteiger partial charge on any atom is 0.136 e. The van der Waals surface area contributed by atoms with Crippen LogP contribution < -0.4 is 0 Å². The van der Waals surface area contributed by atoms with E-state index in [1.165, 1.54) is 51.4 Å². The fourth-order valence-corrected chi connectivity index (χ4v) is 2.95. The van der Waals surface area contributed by atoms with Crippen LogP contribution in [0.25, 0.3) is 0 Å². The SMILES string of the molecule is CC1(CC(=O)C2CCCCC2)CCC1. The molecule has 0 aliphatic heterocycles. The highest BCUT2D eigenvalue weighted by atomic mass is 16.1. The number of hydrogen-bond acceptors (Lipinski definition) is 1. The van der Waals surface area contributed by atoms with Crippen LogP contribution in [0.1, 0.15) is 64.7 Å². The van der Waals surface area contributed by atoms with Crippen molar-refractivity contribution in [2.24, 2.45) is 11.3 Å². The topological polar surface area (TPSA) is 17.1 Å². The van der Waals surface area contributed by atoms with Gasteiger partial charge in [-0.2, -0.15) is 0 Å². The molecule has 0 aromatic heterocycles. The minimum absolute atomic E-state index is 0.397. The van der Waals surface area contributed by atoms with Crippen LogP contribution in [0.4, 0.5) is 0 Å². The Morgan fingerprint density at radius 2 is 1.79 bits per heavy atom. The lowest BCUT2D eigenvalue weighted by Crippen LogP contribution is -2.31. The van der Waals surface area contributed by atoms with Gasteiger partial charge >= 0.3 is 0 Å². The van der Waals surface area contributed by atoms with E-state index in [2.05, 4.69) is 6.92 Å². The second kappa shape index (κ2) is 4.04. The minimum Gasteiger partial charge on any atom is -0.299 e. The third-order valence-corrected chi connectivity index (χ3v) is 4.22. The van der Waals surface area contributed by atoms with Gasteiger partial charge in [0, 0.05) is 12.3 Å². The Balaban J connectivity index is 1.81. The van der Waals surface area contributed by atoms with Crippen molar-refractivity contribution >= 4 is 5.78 Å². The molecule has 2 aliphatic rings. The van der Waals surface area contributed by atoms with E-state index in [4.69, 9.17) is 0 Å². The van der Waals surface area contributed by atoms with Crippen molar-refractivity contribution in [1.82, 2.24) is 0 Å². The molecule has 2 saturated carbocycles. The summed E-state index contributed by atoms with van der Waals surface area (Å²) in [6.45, 7) is 2.29. The highest BCUT2D eigenvalue weighted by molar-refractivity contribution is 5.81. The van der Waals surface area contributed by atoms with Gasteiger partial charge in [0.05, 0.1) is 0 Å². The lowest BCUT2D eigenvalue weighted by atomic mass is 9.66. The number of hydrogen-bond donors (Lipinski definition) is 0. The van der Waals surface area contributed by atoms with Gasteiger partial charge in [0.25, 0.3) is 0 Å². The number of rotatable bonds is 3. The molecule has 0 atom stereocenters. The summed E-state index contributed by atoms with van der Waals surface area (Å²) in [5.74, 6) is 1.01. The summed E-state index contributed by atoms with van der Waals surface area (Å²) >= 11 is 0. The first-order chi connectivity index (χ1) is 6.70. The Morgan fingerprint density at radius 3 is 2.29 bits per heavy atom. The Labute approximate surface area is 87.3 Å². The zero-order valence-corrected chi connectivity index (χ0v) is 9.35. The first-order valence-corrected chi connectivity index (χ1v) is 6.22. The third-order valence-electron chi connectivity index (χ3n) is 4.22. The fraction of sp³-hybridized carbons (Fsp3) is 0.923. The molecule has 0 saturated heterocycles. The van der Waals surface area contributed by atoms with Crippen LogP contribution in [-0.4, -0.2) is 5.78 Å². The lowest BCUT2D eigenvalue weighted by molar-refractivity contribution is -0.127. The van der Waals surface area contributed by atoms with E-state index in [9.17, 15) is 4.79 Å². The van der Waals surface area contributed by atoms with Gasteiger partial charge in [-0.25, -0.2) is 0 Å². The molecule has 1 heteroatoms. The summed E-state index contributed by atoms with van der Waals surface area (Å²) in [6.07, 6.45) is 11.0. The largest absolute Gasteiger partial charge is 0.299 e. The second-order valence-corrected chi connectivity index (χ2v) is 5.64. The molecule has 0 spiro atoms. The van der Waals surface area contributed by atoms with E-state index in [1.807, 2.05) is 0 Å². The molecule has 0 aromatic carbocycles. The third kappa shape index (κ3) is 2.18. The monoisotopic (exact) mass is 194 g/mol. The van der Waals surface area contributed by atoms with Crippen molar-refractivity contribution in [3.05, 3.63) is 0 Å². The maximum atomic E-state index is 12.0. The van der Waals surface area contributed by atoms with Gasteiger partial charge in [0.2, 0.25) is 0 Å². The number of ketones is 1. The van der Waals surface area contributed by atoms with Crippen LogP contribution in [-0.2, 0) is 4.79 Å². The Hall–Kier alpha value is -0.330. The molecular weight excluding hydrogens is 172 g/mol. The molecule has 0 radical (unpaired) electrons. The Bertz CT molecular complexity index is 209. The first kappa shape index (κ1) is 10.2. The fourth-order valence-electron chi connectivity index (χ4n) is 2.95. The van der Waals surface area contributed by atoms with E-state index >= 15 is 0 Å². The summed E-state index contributed by atoms with van der Waals surface area (Å²) < 4.78 is 0. The molecule has 80 valence electrons. The summed E-state index contributed by atoms with van der Waals surface area (Å²) in [7, 11) is 0. The zero-order valence-electron chi connectivity index (χ0n) is 9.35. The summed E-state index contributed by atoms with van der Waals surface area (Å²) in [6, 6.07) is 0. The van der Waals surface area contributed by atoms with Crippen molar-refractivity contribution in [2.45, 2.75) is 64.7 Å². The molecule has 2 fully saturated rings. The van der Waals surface area contributed by atoms with Crippen molar-refractivity contribution in [1.29, 1.82) is 0 Å². The molecule has 1 nitrogen and oxygen atoms in total. The van der Waals surface area contributed by atoms with Crippen molar-refractivity contribution in [3.63, 3.8) is 0 Å². The van der Waals surface area contributed by atoms with Gasteiger partial charge in [-0.15, -0.1) is 0 Å². The average Bonchev–Trinajstić information content (AvgIpc) is 2.17. The van der Waals surface area contributed by atoms with Gasteiger partial charge in [-0.1, -0.05) is 32.6 Å². The van der Waals surface area contributed by atoms with Crippen LogP contribution in [0.3, 0.4) is 0 Å². The average molecular weight is 194 g/mol. The summed E-state index contributed by atoms with van der Waals surface area (Å²) in [5.41, 5.74) is 0.397. The smallest absolute Gasteiger partial charge is 0.136 e. The highest BCUT2D eigenvalue weighted by Crippen LogP contribution is 2.44. The van der Waals surface area contributed by atoms with E-state index < -0.39 is 0 Å². The van der Waals surface area contributed by atoms with Crippen molar-refractivity contribution in [3.8, 4) is 0 Å². The van der Waals surface area contributed by atoms with E-state index in [0.29, 0.717) is 17.1 Å². The molecule has 0 N–H and O–H groups in total. The summed E-state index contributed by atoms with van der Waals surface area (Å²) in [4.78, 5) is 12.0.